The lowest BCUT2D eigenvalue weighted by Gasteiger charge is -2.22. The Morgan fingerprint density at radius 1 is 1.28 bits per heavy atom. The number of nitrogens with zero attached hydrogens (tertiary/aromatic N) is 3. The van der Waals surface area contributed by atoms with Crippen molar-refractivity contribution in [2.24, 2.45) is 7.05 Å². The zero-order valence-electron chi connectivity index (χ0n) is 14.8. The molecule has 0 spiro atoms. The van der Waals surface area contributed by atoms with Crippen LogP contribution in [0.3, 0.4) is 0 Å². The van der Waals surface area contributed by atoms with Crippen LogP contribution < -0.4 is 10.6 Å². The maximum absolute atomic E-state index is 12.6. The molecule has 1 atom stereocenters. The molecule has 0 bridgehead atoms. The van der Waals surface area contributed by atoms with Crippen molar-refractivity contribution < 1.29 is 9.59 Å². The average molecular weight is 366 g/mol. The summed E-state index contributed by atoms with van der Waals surface area (Å²) in [6, 6.07) is 6.98. The molecular weight excluding hydrogens is 342 g/mol. The Labute approximate surface area is 153 Å². The van der Waals surface area contributed by atoms with Crippen molar-refractivity contribution in [3.8, 4) is 0 Å². The number of hydrogen-bond acceptors (Lipinski definition) is 4. The van der Waals surface area contributed by atoms with E-state index in [1.165, 1.54) is 4.90 Å². The van der Waals surface area contributed by atoms with Crippen molar-refractivity contribution in [2.75, 3.05) is 26.0 Å². The van der Waals surface area contributed by atoms with Gasteiger partial charge < -0.3 is 15.5 Å². The molecule has 0 fully saturated rings. The van der Waals surface area contributed by atoms with Gasteiger partial charge >= 0.3 is 0 Å². The van der Waals surface area contributed by atoms with Crippen LogP contribution in [-0.2, 0) is 16.6 Å². The number of nitrogens with one attached hydrogen (secondary N) is 2. The van der Waals surface area contributed by atoms with Crippen molar-refractivity contribution in [3.05, 3.63) is 47.8 Å². The van der Waals surface area contributed by atoms with Gasteiger partial charge in [0.15, 0.2) is 0 Å². The van der Waals surface area contributed by atoms with E-state index in [0.717, 1.165) is 11.1 Å². The zero-order valence-corrected chi connectivity index (χ0v) is 15.6. The zero-order chi connectivity index (χ0) is 17.7. The van der Waals surface area contributed by atoms with Gasteiger partial charge in [0, 0.05) is 31.5 Å². The fourth-order valence-corrected chi connectivity index (χ4v) is 2.37. The third-order valence-corrected chi connectivity index (χ3v) is 3.69. The number of halogens is 1. The van der Waals surface area contributed by atoms with E-state index in [-0.39, 0.29) is 30.8 Å². The highest BCUT2D eigenvalue weighted by molar-refractivity contribution is 5.95. The molecule has 1 unspecified atom stereocenters. The Hall–Kier alpha value is -2.38. The van der Waals surface area contributed by atoms with E-state index in [4.69, 9.17) is 0 Å². The van der Waals surface area contributed by atoms with Gasteiger partial charge in [0.2, 0.25) is 11.8 Å². The topological polar surface area (TPSA) is 79.3 Å². The minimum absolute atomic E-state index is 0. The first-order valence-electron chi connectivity index (χ1n) is 7.68. The molecule has 0 aliphatic carbocycles. The average Bonchev–Trinajstić information content (AvgIpc) is 2.96. The molecule has 0 radical (unpaired) electrons. The Balaban J connectivity index is 0.00000312. The highest BCUT2D eigenvalue weighted by Crippen LogP contribution is 2.14. The van der Waals surface area contributed by atoms with Gasteiger partial charge in [-0.2, -0.15) is 5.10 Å². The SMILES string of the molecule is CNC(C(=O)N(C)CC(=O)Nc1ccc(C)cc1)c1cnn(C)c1.Cl. The Morgan fingerprint density at radius 3 is 2.44 bits per heavy atom. The largest absolute Gasteiger partial charge is 0.335 e. The van der Waals surface area contributed by atoms with Crippen molar-refractivity contribution in [1.82, 2.24) is 20.0 Å². The molecule has 0 saturated heterocycles. The number of carbonyl (C=O) groups excluding carboxylic acids is 2. The van der Waals surface area contributed by atoms with Crippen molar-refractivity contribution in [1.29, 1.82) is 0 Å². The number of likely N-dealkylation sites (N-methyl/N-ethyl adjacent to an activating group) is 2. The van der Waals surface area contributed by atoms with E-state index >= 15 is 0 Å². The lowest BCUT2D eigenvalue weighted by molar-refractivity contribution is -0.135. The van der Waals surface area contributed by atoms with E-state index in [1.54, 1.807) is 38.2 Å². The summed E-state index contributed by atoms with van der Waals surface area (Å²) in [5.41, 5.74) is 2.59. The van der Waals surface area contributed by atoms with Crippen molar-refractivity contribution >= 4 is 29.9 Å². The molecule has 2 N–H and O–H groups in total. The summed E-state index contributed by atoms with van der Waals surface area (Å²) in [5.74, 6) is -0.430. The lowest BCUT2D eigenvalue weighted by atomic mass is 10.1. The normalized spacial score (nSPS) is 11.4. The maximum atomic E-state index is 12.6. The molecule has 0 aliphatic heterocycles. The van der Waals surface area contributed by atoms with Gasteiger partial charge in [0.25, 0.3) is 0 Å². The molecule has 7 nitrogen and oxygen atoms in total. The van der Waals surface area contributed by atoms with Crippen LogP contribution in [0.5, 0.6) is 0 Å². The van der Waals surface area contributed by atoms with Crippen LogP contribution in [0.2, 0.25) is 0 Å². The van der Waals surface area contributed by atoms with Crippen LogP contribution in [0.15, 0.2) is 36.7 Å². The molecule has 2 aromatic rings. The minimum atomic E-state index is -0.532. The van der Waals surface area contributed by atoms with Gasteiger partial charge in [-0.15, -0.1) is 12.4 Å². The number of rotatable bonds is 6. The van der Waals surface area contributed by atoms with Crippen LogP contribution in [-0.4, -0.2) is 47.1 Å². The van der Waals surface area contributed by atoms with Gasteiger partial charge in [-0.05, 0) is 26.1 Å². The number of anilines is 1. The standard InChI is InChI=1S/C17H23N5O2.ClH/c1-12-5-7-14(8-6-12)20-15(23)11-21(3)17(24)16(18-2)13-9-19-22(4)10-13;/h5-10,16,18H,11H2,1-4H3,(H,20,23);1H. The number of amides is 2. The number of aryl methyl sites for hydroxylation is 2. The first-order valence-corrected chi connectivity index (χ1v) is 7.68. The maximum Gasteiger partial charge on any atom is 0.244 e. The molecule has 1 heterocycles. The van der Waals surface area contributed by atoms with Gasteiger partial charge in [0.1, 0.15) is 6.04 Å². The van der Waals surface area contributed by atoms with Crippen LogP contribution in [0, 0.1) is 6.92 Å². The van der Waals surface area contributed by atoms with Crippen LogP contribution in [0.4, 0.5) is 5.69 Å². The van der Waals surface area contributed by atoms with Crippen molar-refractivity contribution in [3.63, 3.8) is 0 Å². The molecule has 2 rings (SSSR count). The van der Waals surface area contributed by atoms with Gasteiger partial charge in [-0.25, -0.2) is 0 Å². The van der Waals surface area contributed by atoms with E-state index in [2.05, 4.69) is 15.7 Å². The molecule has 2 amide bonds. The first kappa shape index (κ1) is 20.7. The number of hydrogen-bond donors (Lipinski definition) is 2. The summed E-state index contributed by atoms with van der Waals surface area (Å²) in [6.07, 6.45) is 3.42. The third-order valence-electron chi connectivity index (χ3n) is 3.69. The number of benzene rings is 1. The second-order valence-corrected chi connectivity index (χ2v) is 5.78. The van der Waals surface area contributed by atoms with Gasteiger partial charge in [-0.3, -0.25) is 14.3 Å². The Kier molecular flexibility index (Phi) is 7.60. The fraction of sp³-hybridized carbons (Fsp3) is 0.353. The minimum Gasteiger partial charge on any atom is -0.335 e. The molecule has 8 heteroatoms. The third kappa shape index (κ3) is 5.58. The van der Waals surface area contributed by atoms with E-state index in [1.807, 2.05) is 31.2 Å². The number of carbonyl (C=O) groups is 2. The fourth-order valence-electron chi connectivity index (χ4n) is 2.37. The summed E-state index contributed by atoms with van der Waals surface area (Å²) < 4.78 is 1.64. The predicted octanol–water partition coefficient (Wildman–Crippen LogP) is 1.51. The van der Waals surface area contributed by atoms with E-state index < -0.39 is 6.04 Å². The summed E-state index contributed by atoms with van der Waals surface area (Å²) in [7, 11) is 5.10. The molecule has 1 aromatic heterocycles. The summed E-state index contributed by atoms with van der Waals surface area (Å²) >= 11 is 0. The molecular formula is C17H24ClN5O2. The molecule has 0 saturated carbocycles. The molecule has 0 aliphatic rings. The highest BCUT2D eigenvalue weighted by Gasteiger charge is 2.24. The summed E-state index contributed by atoms with van der Waals surface area (Å²) in [6.45, 7) is 1.96. The van der Waals surface area contributed by atoms with Crippen LogP contribution in [0.1, 0.15) is 17.2 Å². The van der Waals surface area contributed by atoms with Crippen molar-refractivity contribution in [2.45, 2.75) is 13.0 Å². The van der Waals surface area contributed by atoms with Crippen LogP contribution in [0.25, 0.3) is 0 Å². The smallest absolute Gasteiger partial charge is 0.244 e. The van der Waals surface area contributed by atoms with Gasteiger partial charge in [-0.1, -0.05) is 17.7 Å². The Morgan fingerprint density at radius 2 is 1.92 bits per heavy atom. The summed E-state index contributed by atoms with van der Waals surface area (Å²) in [4.78, 5) is 26.1. The Bertz CT molecular complexity index is 714. The molecule has 136 valence electrons. The molecule has 25 heavy (non-hydrogen) atoms. The van der Waals surface area contributed by atoms with Gasteiger partial charge in [0.05, 0.1) is 12.7 Å². The van der Waals surface area contributed by atoms with E-state index in [9.17, 15) is 9.59 Å². The second-order valence-electron chi connectivity index (χ2n) is 5.78. The predicted molar refractivity (Wildman–Crippen MR) is 99.7 cm³/mol. The monoisotopic (exact) mass is 365 g/mol. The van der Waals surface area contributed by atoms with Crippen LogP contribution >= 0.6 is 12.4 Å². The number of aromatic nitrogens is 2. The quantitative estimate of drug-likeness (QED) is 0.813. The first-order chi connectivity index (χ1) is 11.4. The summed E-state index contributed by atoms with van der Waals surface area (Å²) in [5, 5.41) is 9.83. The highest BCUT2D eigenvalue weighted by atomic mass is 35.5. The lowest BCUT2D eigenvalue weighted by Crippen LogP contribution is -2.41. The van der Waals surface area contributed by atoms with E-state index in [0.29, 0.717) is 5.69 Å². The molecule has 1 aromatic carbocycles. The second kappa shape index (κ2) is 9.19.